The maximum absolute atomic E-state index is 12.5. The van der Waals surface area contributed by atoms with Gasteiger partial charge in [0.1, 0.15) is 0 Å². The molecule has 0 saturated carbocycles. The zero-order chi connectivity index (χ0) is 16.8. The van der Waals surface area contributed by atoms with Crippen molar-refractivity contribution < 1.29 is 4.79 Å². The van der Waals surface area contributed by atoms with Crippen LogP contribution in [0.5, 0.6) is 0 Å². The van der Waals surface area contributed by atoms with Gasteiger partial charge >= 0.3 is 0 Å². The second-order valence-electron chi connectivity index (χ2n) is 5.91. The summed E-state index contributed by atoms with van der Waals surface area (Å²) in [4.78, 5) is 16.8. The SMILES string of the molecule is O=C(c1ccc(Br)cc1)N1CCN(CC=Cc2ccccc2)CC1. The quantitative estimate of drug-likeness (QED) is 0.797. The summed E-state index contributed by atoms with van der Waals surface area (Å²) in [6.07, 6.45) is 4.35. The monoisotopic (exact) mass is 384 g/mol. The molecular formula is C20H21BrN2O. The Kier molecular flexibility index (Phi) is 5.83. The number of amides is 1. The number of piperazine rings is 1. The number of hydrogen-bond acceptors (Lipinski definition) is 2. The van der Waals surface area contributed by atoms with Crippen molar-refractivity contribution in [1.29, 1.82) is 0 Å². The molecule has 1 aliphatic heterocycles. The topological polar surface area (TPSA) is 23.6 Å². The zero-order valence-electron chi connectivity index (χ0n) is 13.6. The average Bonchev–Trinajstić information content (AvgIpc) is 2.63. The fourth-order valence-corrected chi connectivity index (χ4v) is 3.07. The smallest absolute Gasteiger partial charge is 0.253 e. The molecule has 124 valence electrons. The number of carbonyl (C=O) groups is 1. The van der Waals surface area contributed by atoms with Crippen LogP contribution in [0.2, 0.25) is 0 Å². The number of nitrogens with zero attached hydrogens (tertiary/aromatic N) is 2. The summed E-state index contributed by atoms with van der Waals surface area (Å²) in [5.41, 5.74) is 1.98. The van der Waals surface area contributed by atoms with E-state index in [9.17, 15) is 4.79 Å². The summed E-state index contributed by atoms with van der Waals surface area (Å²) < 4.78 is 0.995. The van der Waals surface area contributed by atoms with Crippen molar-refractivity contribution in [2.75, 3.05) is 32.7 Å². The highest BCUT2D eigenvalue weighted by Crippen LogP contribution is 2.13. The molecule has 0 radical (unpaired) electrons. The van der Waals surface area contributed by atoms with Crippen molar-refractivity contribution in [1.82, 2.24) is 9.80 Å². The maximum atomic E-state index is 12.5. The Hall–Kier alpha value is -1.91. The molecule has 0 aliphatic carbocycles. The minimum atomic E-state index is 0.127. The molecule has 1 aliphatic rings. The Labute approximate surface area is 151 Å². The summed E-state index contributed by atoms with van der Waals surface area (Å²) in [5.74, 6) is 0.127. The molecule has 2 aromatic carbocycles. The number of rotatable bonds is 4. The highest BCUT2D eigenvalue weighted by molar-refractivity contribution is 9.10. The molecule has 0 aromatic heterocycles. The van der Waals surface area contributed by atoms with E-state index in [1.54, 1.807) is 0 Å². The lowest BCUT2D eigenvalue weighted by atomic mass is 10.2. The van der Waals surface area contributed by atoms with Gasteiger partial charge in [-0.15, -0.1) is 0 Å². The van der Waals surface area contributed by atoms with Crippen molar-refractivity contribution in [3.8, 4) is 0 Å². The second-order valence-corrected chi connectivity index (χ2v) is 6.83. The molecule has 0 N–H and O–H groups in total. The van der Waals surface area contributed by atoms with E-state index in [4.69, 9.17) is 0 Å². The molecule has 3 nitrogen and oxygen atoms in total. The third-order valence-electron chi connectivity index (χ3n) is 4.22. The van der Waals surface area contributed by atoms with Gasteiger partial charge < -0.3 is 4.90 Å². The third-order valence-corrected chi connectivity index (χ3v) is 4.75. The molecule has 0 bridgehead atoms. The molecule has 3 rings (SSSR count). The van der Waals surface area contributed by atoms with Crippen molar-refractivity contribution in [3.63, 3.8) is 0 Å². The minimum Gasteiger partial charge on any atom is -0.336 e. The number of benzene rings is 2. The van der Waals surface area contributed by atoms with E-state index >= 15 is 0 Å². The van der Waals surface area contributed by atoms with Crippen molar-refractivity contribution in [2.45, 2.75) is 0 Å². The van der Waals surface area contributed by atoms with Gasteiger partial charge in [0.05, 0.1) is 0 Å². The summed E-state index contributed by atoms with van der Waals surface area (Å²) in [5, 5.41) is 0. The maximum Gasteiger partial charge on any atom is 0.253 e. The molecule has 0 spiro atoms. The molecule has 1 amide bonds. The first kappa shape index (κ1) is 16.9. The Morgan fingerprint density at radius 2 is 1.62 bits per heavy atom. The van der Waals surface area contributed by atoms with Gasteiger partial charge in [0, 0.05) is 42.8 Å². The van der Waals surface area contributed by atoms with Gasteiger partial charge in [0.2, 0.25) is 0 Å². The van der Waals surface area contributed by atoms with Gasteiger partial charge in [-0.2, -0.15) is 0 Å². The van der Waals surface area contributed by atoms with Gasteiger partial charge in [-0.05, 0) is 29.8 Å². The van der Waals surface area contributed by atoms with Gasteiger partial charge in [0.25, 0.3) is 5.91 Å². The number of hydrogen-bond donors (Lipinski definition) is 0. The van der Waals surface area contributed by atoms with Gasteiger partial charge in [0.15, 0.2) is 0 Å². The summed E-state index contributed by atoms with van der Waals surface area (Å²) >= 11 is 3.40. The van der Waals surface area contributed by atoms with Crippen LogP contribution in [-0.4, -0.2) is 48.4 Å². The lowest BCUT2D eigenvalue weighted by molar-refractivity contribution is 0.0650. The van der Waals surface area contributed by atoms with Crippen LogP contribution in [0.15, 0.2) is 65.1 Å². The predicted molar refractivity (Wildman–Crippen MR) is 102 cm³/mol. The van der Waals surface area contributed by atoms with E-state index in [1.165, 1.54) is 5.56 Å². The van der Waals surface area contributed by atoms with Crippen LogP contribution >= 0.6 is 15.9 Å². The molecule has 0 unspecified atom stereocenters. The van der Waals surface area contributed by atoms with Crippen LogP contribution in [0.4, 0.5) is 0 Å². The third kappa shape index (κ3) is 4.56. The molecular weight excluding hydrogens is 364 g/mol. The van der Waals surface area contributed by atoms with E-state index in [1.807, 2.05) is 47.4 Å². The first-order valence-electron chi connectivity index (χ1n) is 8.21. The molecule has 1 saturated heterocycles. The molecule has 1 heterocycles. The van der Waals surface area contributed by atoms with Crippen LogP contribution < -0.4 is 0 Å². The van der Waals surface area contributed by atoms with E-state index < -0.39 is 0 Å². The molecule has 0 atom stereocenters. The highest BCUT2D eigenvalue weighted by atomic mass is 79.9. The minimum absolute atomic E-state index is 0.127. The largest absolute Gasteiger partial charge is 0.336 e. The van der Waals surface area contributed by atoms with E-state index in [-0.39, 0.29) is 5.91 Å². The summed E-state index contributed by atoms with van der Waals surface area (Å²) in [6.45, 7) is 4.33. The Bertz CT molecular complexity index is 689. The standard InChI is InChI=1S/C20H21BrN2O/c21-19-10-8-18(9-11-19)20(24)23-15-13-22(14-16-23)12-4-7-17-5-2-1-3-6-17/h1-11H,12-16H2. The Balaban J connectivity index is 1.48. The van der Waals surface area contributed by atoms with Crippen LogP contribution in [-0.2, 0) is 0 Å². The van der Waals surface area contributed by atoms with Gasteiger partial charge in [-0.3, -0.25) is 9.69 Å². The van der Waals surface area contributed by atoms with E-state index in [0.29, 0.717) is 0 Å². The Morgan fingerprint density at radius 1 is 0.958 bits per heavy atom. The van der Waals surface area contributed by atoms with Crippen LogP contribution in [0.3, 0.4) is 0 Å². The average molecular weight is 385 g/mol. The van der Waals surface area contributed by atoms with Crippen LogP contribution in [0.25, 0.3) is 6.08 Å². The first-order valence-corrected chi connectivity index (χ1v) is 9.00. The highest BCUT2D eigenvalue weighted by Gasteiger charge is 2.21. The lowest BCUT2D eigenvalue weighted by Crippen LogP contribution is -2.48. The van der Waals surface area contributed by atoms with E-state index in [2.05, 4.69) is 45.1 Å². The van der Waals surface area contributed by atoms with Gasteiger partial charge in [-0.25, -0.2) is 0 Å². The first-order chi connectivity index (χ1) is 11.7. The van der Waals surface area contributed by atoms with Crippen LogP contribution in [0, 0.1) is 0 Å². The van der Waals surface area contributed by atoms with Crippen LogP contribution in [0.1, 0.15) is 15.9 Å². The van der Waals surface area contributed by atoms with Crippen molar-refractivity contribution >= 4 is 27.9 Å². The van der Waals surface area contributed by atoms with Crippen molar-refractivity contribution in [2.24, 2.45) is 0 Å². The van der Waals surface area contributed by atoms with E-state index in [0.717, 1.165) is 42.8 Å². The van der Waals surface area contributed by atoms with Crippen molar-refractivity contribution in [3.05, 3.63) is 76.3 Å². The Morgan fingerprint density at radius 3 is 2.29 bits per heavy atom. The fourth-order valence-electron chi connectivity index (χ4n) is 2.81. The molecule has 24 heavy (non-hydrogen) atoms. The normalized spacial score (nSPS) is 15.8. The molecule has 2 aromatic rings. The molecule has 4 heteroatoms. The summed E-state index contributed by atoms with van der Waals surface area (Å²) in [7, 11) is 0. The molecule has 1 fully saturated rings. The number of halogens is 1. The second kappa shape index (κ2) is 8.27. The predicted octanol–water partition coefficient (Wildman–Crippen LogP) is 3.92. The lowest BCUT2D eigenvalue weighted by Gasteiger charge is -2.34. The number of carbonyl (C=O) groups excluding carboxylic acids is 1. The van der Waals surface area contributed by atoms with Gasteiger partial charge in [-0.1, -0.05) is 58.4 Å². The fraction of sp³-hybridized carbons (Fsp3) is 0.250. The zero-order valence-corrected chi connectivity index (χ0v) is 15.2. The summed E-state index contributed by atoms with van der Waals surface area (Å²) in [6, 6.07) is 17.9.